The van der Waals surface area contributed by atoms with Crippen LogP contribution in [0.5, 0.6) is 0 Å². The van der Waals surface area contributed by atoms with Gasteiger partial charge in [0.05, 0.1) is 5.75 Å². The third-order valence-corrected chi connectivity index (χ3v) is 6.51. The second kappa shape index (κ2) is 13.4. The minimum absolute atomic E-state index is 0.00576. The van der Waals surface area contributed by atoms with Crippen molar-refractivity contribution in [1.82, 2.24) is 0 Å². The lowest BCUT2D eigenvalue weighted by Crippen LogP contribution is -2.15. The second-order valence-corrected chi connectivity index (χ2v) is 9.70. The molecule has 4 heteroatoms. The minimum atomic E-state index is -3.39. The molecule has 0 amide bonds. The lowest BCUT2D eigenvalue weighted by Gasteiger charge is -2.09. The number of aryl methyl sites for hydroxylation is 1. The van der Waals surface area contributed by atoms with Crippen molar-refractivity contribution in [3.05, 3.63) is 65.7 Å². The minimum Gasteiger partial charge on any atom is -0.283 e. The highest BCUT2D eigenvalue weighted by Gasteiger charge is 2.11. The van der Waals surface area contributed by atoms with Gasteiger partial charge in [0.15, 0.2) is 0 Å². The molecule has 0 unspecified atom stereocenters. The molecule has 0 atom stereocenters. The first-order valence-electron chi connectivity index (χ1n) is 11.2. The van der Waals surface area contributed by atoms with Crippen LogP contribution in [0.1, 0.15) is 82.3 Å². The first kappa shape index (κ1) is 23.5. The molecule has 0 aliphatic rings. The maximum atomic E-state index is 12.3. The molecule has 2 aromatic rings. The summed E-state index contributed by atoms with van der Waals surface area (Å²) in [6, 6.07) is 17.1. The summed E-state index contributed by atoms with van der Waals surface area (Å²) in [5.74, 6) is -0.00576. The van der Waals surface area contributed by atoms with Crippen molar-refractivity contribution in [1.29, 1.82) is 0 Å². The van der Waals surface area contributed by atoms with Crippen LogP contribution in [0.25, 0.3) is 0 Å². The fourth-order valence-electron chi connectivity index (χ4n) is 3.57. The SMILES string of the molecule is CCCCCCCCCCCCc1ccc(NS(=O)(=O)Cc2ccccc2)cc1. The number of unbranched alkanes of at least 4 members (excludes halogenated alkanes) is 9. The molecule has 2 aromatic carbocycles. The van der Waals surface area contributed by atoms with E-state index in [0.29, 0.717) is 5.69 Å². The highest BCUT2D eigenvalue weighted by Crippen LogP contribution is 2.16. The average Bonchev–Trinajstić information content (AvgIpc) is 2.71. The largest absolute Gasteiger partial charge is 0.283 e. The Kier molecular flexibility index (Phi) is 10.9. The highest BCUT2D eigenvalue weighted by atomic mass is 32.2. The van der Waals surface area contributed by atoms with Crippen LogP contribution in [0.15, 0.2) is 54.6 Å². The fourth-order valence-corrected chi connectivity index (χ4v) is 4.76. The van der Waals surface area contributed by atoms with E-state index in [0.717, 1.165) is 12.0 Å². The zero-order valence-electron chi connectivity index (χ0n) is 17.9. The van der Waals surface area contributed by atoms with Crippen LogP contribution in [0, 0.1) is 0 Å². The van der Waals surface area contributed by atoms with Gasteiger partial charge in [0.1, 0.15) is 0 Å². The normalized spacial score (nSPS) is 11.5. The van der Waals surface area contributed by atoms with Gasteiger partial charge in [-0.05, 0) is 36.1 Å². The maximum absolute atomic E-state index is 12.3. The van der Waals surface area contributed by atoms with Gasteiger partial charge in [-0.15, -0.1) is 0 Å². The molecule has 0 saturated heterocycles. The quantitative estimate of drug-likeness (QED) is 0.316. The average molecular weight is 416 g/mol. The summed E-state index contributed by atoms with van der Waals surface area (Å²) >= 11 is 0. The molecule has 160 valence electrons. The van der Waals surface area contributed by atoms with Crippen LogP contribution in [-0.2, 0) is 22.2 Å². The third-order valence-electron chi connectivity index (χ3n) is 5.25. The van der Waals surface area contributed by atoms with Crippen molar-refractivity contribution < 1.29 is 8.42 Å². The van der Waals surface area contributed by atoms with Crippen molar-refractivity contribution in [2.24, 2.45) is 0 Å². The van der Waals surface area contributed by atoms with Crippen molar-refractivity contribution in [2.75, 3.05) is 4.72 Å². The second-order valence-electron chi connectivity index (χ2n) is 7.98. The number of hydrogen-bond donors (Lipinski definition) is 1. The van der Waals surface area contributed by atoms with Gasteiger partial charge in [-0.3, -0.25) is 4.72 Å². The zero-order valence-corrected chi connectivity index (χ0v) is 18.7. The molecule has 0 fully saturated rings. The molecule has 0 aromatic heterocycles. The molecule has 1 N–H and O–H groups in total. The Hall–Kier alpha value is -1.81. The fraction of sp³-hybridized carbons (Fsp3) is 0.520. The van der Waals surface area contributed by atoms with Gasteiger partial charge in [-0.25, -0.2) is 8.42 Å². The third kappa shape index (κ3) is 10.5. The summed E-state index contributed by atoms with van der Waals surface area (Å²) in [4.78, 5) is 0. The van der Waals surface area contributed by atoms with E-state index in [9.17, 15) is 8.42 Å². The molecule has 0 saturated carbocycles. The Morgan fingerprint density at radius 3 is 1.79 bits per heavy atom. The molecule has 3 nitrogen and oxygen atoms in total. The predicted octanol–water partition coefficient (Wildman–Crippen LogP) is 7.09. The van der Waals surface area contributed by atoms with E-state index in [-0.39, 0.29) is 5.75 Å². The zero-order chi connectivity index (χ0) is 20.8. The molecule has 0 spiro atoms. The topological polar surface area (TPSA) is 46.2 Å². The Bertz CT molecular complexity index is 770. The molecule has 0 radical (unpaired) electrons. The van der Waals surface area contributed by atoms with E-state index < -0.39 is 10.0 Å². The predicted molar refractivity (Wildman–Crippen MR) is 125 cm³/mol. The summed E-state index contributed by atoms with van der Waals surface area (Å²) in [6.45, 7) is 2.26. The summed E-state index contributed by atoms with van der Waals surface area (Å²) in [5.41, 5.74) is 2.70. The molecule has 0 bridgehead atoms. The van der Waals surface area contributed by atoms with E-state index in [1.165, 1.54) is 69.8 Å². The van der Waals surface area contributed by atoms with Crippen molar-refractivity contribution in [3.8, 4) is 0 Å². The number of hydrogen-bond acceptors (Lipinski definition) is 2. The van der Waals surface area contributed by atoms with Crippen LogP contribution in [0.2, 0.25) is 0 Å². The number of nitrogens with one attached hydrogen (secondary N) is 1. The summed E-state index contributed by atoms with van der Waals surface area (Å²) in [5, 5.41) is 0. The van der Waals surface area contributed by atoms with E-state index in [2.05, 4.69) is 11.6 Å². The van der Waals surface area contributed by atoms with Crippen LogP contribution in [-0.4, -0.2) is 8.42 Å². The Labute approximate surface area is 178 Å². The standard InChI is InChI=1S/C25H37NO2S/c1-2-3-4-5-6-7-8-9-10-12-15-23-18-20-25(21-19-23)26-29(27,28)22-24-16-13-11-14-17-24/h11,13-14,16-21,26H,2-10,12,15,22H2,1H3. The molecule has 0 heterocycles. The monoisotopic (exact) mass is 415 g/mol. The van der Waals surface area contributed by atoms with Gasteiger partial charge in [0, 0.05) is 5.69 Å². The molecule has 0 aliphatic carbocycles. The molecule has 2 rings (SSSR count). The van der Waals surface area contributed by atoms with Crippen molar-refractivity contribution in [2.45, 2.75) is 83.3 Å². The van der Waals surface area contributed by atoms with E-state index >= 15 is 0 Å². The lowest BCUT2D eigenvalue weighted by molar-refractivity contribution is 0.556. The Balaban J connectivity index is 1.62. The maximum Gasteiger partial charge on any atom is 0.236 e. The van der Waals surface area contributed by atoms with Gasteiger partial charge >= 0.3 is 0 Å². The lowest BCUT2D eigenvalue weighted by atomic mass is 10.0. The summed E-state index contributed by atoms with van der Waals surface area (Å²) in [6.07, 6.45) is 14.5. The first-order chi connectivity index (χ1) is 14.1. The van der Waals surface area contributed by atoms with Gasteiger partial charge in [0.25, 0.3) is 0 Å². The molecule has 0 aliphatic heterocycles. The van der Waals surface area contributed by atoms with Crippen LogP contribution >= 0.6 is 0 Å². The van der Waals surface area contributed by atoms with Crippen LogP contribution < -0.4 is 4.72 Å². The van der Waals surface area contributed by atoms with Crippen molar-refractivity contribution >= 4 is 15.7 Å². The van der Waals surface area contributed by atoms with E-state index in [1.807, 2.05) is 54.6 Å². The highest BCUT2D eigenvalue weighted by molar-refractivity contribution is 7.91. The van der Waals surface area contributed by atoms with E-state index in [1.54, 1.807) is 0 Å². The van der Waals surface area contributed by atoms with Gasteiger partial charge < -0.3 is 0 Å². The molecular formula is C25H37NO2S. The first-order valence-corrected chi connectivity index (χ1v) is 12.9. The number of benzene rings is 2. The van der Waals surface area contributed by atoms with E-state index in [4.69, 9.17) is 0 Å². The summed E-state index contributed by atoms with van der Waals surface area (Å²) < 4.78 is 27.3. The number of sulfonamides is 1. The summed E-state index contributed by atoms with van der Waals surface area (Å²) in [7, 11) is -3.39. The smallest absolute Gasteiger partial charge is 0.236 e. The van der Waals surface area contributed by atoms with Crippen LogP contribution in [0.4, 0.5) is 5.69 Å². The molecular weight excluding hydrogens is 378 g/mol. The Morgan fingerprint density at radius 1 is 0.655 bits per heavy atom. The van der Waals surface area contributed by atoms with Gasteiger partial charge in [0.2, 0.25) is 10.0 Å². The van der Waals surface area contributed by atoms with Gasteiger partial charge in [-0.2, -0.15) is 0 Å². The number of anilines is 1. The van der Waals surface area contributed by atoms with Gasteiger partial charge in [-0.1, -0.05) is 107 Å². The Morgan fingerprint density at radius 2 is 1.21 bits per heavy atom. The van der Waals surface area contributed by atoms with Crippen molar-refractivity contribution in [3.63, 3.8) is 0 Å². The molecule has 29 heavy (non-hydrogen) atoms. The number of rotatable bonds is 15. The van der Waals surface area contributed by atoms with Crippen LogP contribution in [0.3, 0.4) is 0 Å².